The fourth-order valence-electron chi connectivity index (χ4n) is 4.51. The number of hydrogen-bond donors (Lipinski definition) is 0. The van der Waals surface area contributed by atoms with E-state index in [9.17, 15) is 19.2 Å². The number of alkyl halides is 1. The second-order valence-corrected chi connectivity index (χ2v) is 10.6. The number of halogens is 1. The van der Waals surface area contributed by atoms with E-state index in [-0.39, 0.29) is 23.3 Å². The predicted octanol–water partition coefficient (Wildman–Crippen LogP) is 5.64. The van der Waals surface area contributed by atoms with Crippen LogP contribution in [0, 0.1) is 0 Å². The smallest absolute Gasteiger partial charge is 0.338 e. The summed E-state index contributed by atoms with van der Waals surface area (Å²) in [7, 11) is 0. The van der Waals surface area contributed by atoms with Crippen LogP contribution in [0.25, 0.3) is 0 Å². The molecule has 5 rings (SSSR count). The summed E-state index contributed by atoms with van der Waals surface area (Å²) >= 11 is 3.40. The summed E-state index contributed by atoms with van der Waals surface area (Å²) in [6.45, 7) is -0.374. The van der Waals surface area contributed by atoms with Crippen LogP contribution in [0.3, 0.4) is 0 Å². The summed E-state index contributed by atoms with van der Waals surface area (Å²) < 4.78 is 29.3. The average Bonchev–Trinajstić information content (AvgIpc) is 3.07. The van der Waals surface area contributed by atoms with Crippen LogP contribution >= 0.6 is 15.9 Å². The fraction of sp³-hybridized carbons (Fsp3) is 0.176. The molecule has 0 saturated carbocycles. The van der Waals surface area contributed by atoms with Crippen LogP contribution in [-0.4, -0.2) is 59.9 Å². The van der Waals surface area contributed by atoms with Crippen LogP contribution in [0.1, 0.15) is 41.4 Å². The number of hydrogen-bond acceptors (Lipinski definition) is 9. The summed E-state index contributed by atoms with van der Waals surface area (Å²) in [5.41, 5.74) is 0.994. The van der Waals surface area contributed by atoms with E-state index in [1.807, 2.05) is 0 Å². The minimum atomic E-state index is -1.37. The minimum Gasteiger partial charge on any atom is -0.459 e. The zero-order chi connectivity index (χ0) is 30.9. The number of benzene rings is 4. The highest BCUT2D eigenvalue weighted by Crippen LogP contribution is 2.33. The molecule has 4 aromatic carbocycles. The lowest BCUT2D eigenvalue weighted by molar-refractivity contribution is -0.205. The van der Waals surface area contributed by atoms with Crippen molar-refractivity contribution < 1.29 is 42.9 Å². The minimum absolute atomic E-state index is 0.221. The molecule has 0 radical (unpaired) electrons. The number of carbonyl (C=O) groups is 4. The Bertz CT molecular complexity index is 1570. The Morgan fingerprint density at radius 1 is 0.500 bits per heavy atom. The molecule has 0 spiro atoms. The number of rotatable bonds is 9. The standard InChI is InChI=1S/C34H27BrO9/c35-30-29(44-34(39)25-19-11-4-12-20-25)28(43-33(38)24-17-9-3-10-18-24)27(42-32(37)23-15-7-2-8-16-23)26(41-30)21-40-31(36)22-13-5-1-6-14-22/h1-20,26-30H,21H2/t26-,27-,28+,29-,30-/m1/s1. The van der Waals surface area contributed by atoms with E-state index in [1.165, 1.54) is 0 Å². The molecule has 0 aliphatic carbocycles. The molecule has 9 nitrogen and oxygen atoms in total. The van der Waals surface area contributed by atoms with Crippen molar-refractivity contribution in [2.24, 2.45) is 0 Å². The third-order valence-electron chi connectivity index (χ3n) is 6.72. The maximum atomic E-state index is 13.3. The van der Waals surface area contributed by atoms with Gasteiger partial charge in [0.2, 0.25) is 0 Å². The predicted molar refractivity (Wildman–Crippen MR) is 161 cm³/mol. The van der Waals surface area contributed by atoms with E-state index in [2.05, 4.69) is 15.9 Å². The van der Waals surface area contributed by atoms with Crippen molar-refractivity contribution in [2.45, 2.75) is 29.4 Å². The molecule has 1 saturated heterocycles. The normalized spacial score (nSPS) is 21.0. The van der Waals surface area contributed by atoms with Gasteiger partial charge in [0, 0.05) is 0 Å². The Hall–Kier alpha value is -4.80. The largest absolute Gasteiger partial charge is 0.459 e. The van der Waals surface area contributed by atoms with Crippen LogP contribution < -0.4 is 0 Å². The first-order valence-corrected chi connectivity index (χ1v) is 14.6. The van der Waals surface area contributed by atoms with E-state index < -0.39 is 53.3 Å². The molecule has 10 heteroatoms. The Morgan fingerprint density at radius 3 is 1.25 bits per heavy atom. The third kappa shape index (κ3) is 7.58. The van der Waals surface area contributed by atoms with E-state index in [4.69, 9.17) is 23.7 Å². The quantitative estimate of drug-likeness (QED) is 0.128. The number of esters is 4. The lowest BCUT2D eigenvalue weighted by Crippen LogP contribution is -2.61. The molecule has 0 amide bonds. The fourth-order valence-corrected chi connectivity index (χ4v) is 5.20. The molecule has 0 N–H and O–H groups in total. The molecular formula is C34H27BrO9. The molecule has 224 valence electrons. The average molecular weight is 659 g/mol. The molecule has 1 aliphatic heterocycles. The first-order valence-electron chi connectivity index (χ1n) is 13.7. The van der Waals surface area contributed by atoms with Crippen molar-refractivity contribution in [3.05, 3.63) is 144 Å². The van der Waals surface area contributed by atoms with Gasteiger partial charge in [-0.25, -0.2) is 19.2 Å². The van der Waals surface area contributed by atoms with Crippen molar-refractivity contribution >= 4 is 39.8 Å². The van der Waals surface area contributed by atoms with E-state index in [0.29, 0.717) is 5.56 Å². The number of carbonyl (C=O) groups excluding carboxylic acids is 4. The van der Waals surface area contributed by atoms with Gasteiger partial charge in [0.05, 0.1) is 22.3 Å². The first-order chi connectivity index (χ1) is 21.4. The van der Waals surface area contributed by atoms with Gasteiger partial charge in [0.25, 0.3) is 0 Å². The second-order valence-electron chi connectivity index (χ2n) is 9.70. The lowest BCUT2D eigenvalue weighted by Gasteiger charge is -2.43. The molecule has 1 heterocycles. The molecule has 5 atom stereocenters. The van der Waals surface area contributed by atoms with Gasteiger partial charge in [-0.2, -0.15) is 0 Å². The molecular weight excluding hydrogens is 632 g/mol. The van der Waals surface area contributed by atoms with Crippen molar-refractivity contribution in [2.75, 3.05) is 6.61 Å². The zero-order valence-electron chi connectivity index (χ0n) is 23.2. The van der Waals surface area contributed by atoms with E-state index in [0.717, 1.165) is 0 Å². The van der Waals surface area contributed by atoms with E-state index >= 15 is 0 Å². The summed E-state index contributed by atoms with van der Waals surface area (Å²) in [5.74, 6) is -2.85. The first kappa shape index (κ1) is 30.7. The van der Waals surface area contributed by atoms with Crippen molar-refractivity contribution in [3.8, 4) is 0 Å². The van der Waals surface area contributed by atoms with Crippen molar-refractivity contribution in [1.82, 2.24) is 0 Å². The highest BCUT2D eigenvalue weighted by molar-refractivity contribution is 9.09. The zero-order valence-corrected chi connectivity index (χ0v) is 24.8. The SMILES string of the molecule is O=C(OC[C@H]1O[C@@H](Br)[C@H](OC(=O)c2ccccc2)[C@@H](OC(=O)c2ccccc2)[C@@H]1OC(=O)c1ccccc1)c1ccccc1. The van der Waals surface area contributed by atoms with Crippen LogP contribution in [0.5, 0.6) is 0 Å². The summed E-state index contributed by atoms with van der Waals surface area (Å²) in [6, 6.07) is 32.9. The van der Waals surface area contributed by atoms with Gasteiger partial charge in [-0.3, -0.25) is 0 Å². The Balaban J connectivity index is 1.48. The monoisotopic (exact) mass is 658 g/mol. The van der Waals surface area contributed by atoms with Crippen LogP contribution in [0.2, 0.25) is 0 Å². The van der Waals surface area contributed by atoms with Gasteiger partial charge in [-0.1, -0.05) is 88.7 Å². The van der Waals surface area contributed by atoms with Gasteiger partial charge in [-0.05, 0) is 48.5 Å². The molecule has 44 heavy (non-hydrogen) atoms. The van der Waals surface area contributed by atoms with Gasteiger partial charge in [-0.15, -0.1) is 0 Å². The highest BCUT2D eigenvalue weighted by atomic mass is 79.9. The number of ether oxygens (including phenoxy) is 5. The van der Waals surface area contributed by atoms with Gasteiger partial charge in [0.15, 0.2) is 23.3 Å². The van der Waals surface area contributed by atoms with Crippen LogP contribution in [0.15, 0.2) is 121 Å². The molecule has 0 bridgehead atoms. The van der Waals surface area contributed by atoms with Gasteiger partial charge in [0.1, 0.15) is 12.7 Å². The molecule has 1 aliphatic rings. The Labute approximate surface area is 261 Å². The van der Waals surface area contributed by atoms with E-state index in [1.54, 1.807) is 121 Å². The summed E-state index contributed by atoms with van der Waals surface area (Å²) in [4.78, 5) is 52.6. The van der Waals surface area contributed by atoms with Crippen LogP contribution in [0.4, 0.5) is 0 Å². The Kier molecular flexibility index (Phi) is 10.2. The maximum absolute atomic E-state index is 13.3. The van der Waals surface area contributed by atoms with Crippen molar-refractivity contribution in [1.29, 1.82) is 0 Å². The second kappa shape index (κ2) is 14.6. The topological polar surface area (TPSA) is 114 Å². The maximum Gasteiger partial charge on any atom is 0.338 e. The lowest BCUT2D eigenvalue weighted by atomic mass is 9.99. The van der Waals surface area contributed by atoms with Gasteiger partial charge >= 0.3 is 23.9 Å². The van der Waals surface area contributed by atoms with Crippen molar-refractivity contribution in [3.63, 3.8) is 0 Å². The third-order valence-corrected chi connectivity index (χ3v) is 7.46. The molecule has 0 aromatic heterocycles. The molecule has 1 fully saturated rings. The van der Waals surface area contributed by atoms with Crippen LogP contribution in [-0.2, 0) is 23.7 Å². The summed E-state index contributed by atoms with van der Waals surface area (Å²) in [6.07, 6.45) is -5.13. The highest BCUT2D eigenvalue weighted by Gasteiger charge is 2.52. The molecule has 0 unspecified atom stereocenters. The molecule has 4 aromatic rings. The Morgan fingerprint density at radius 2 is 0.841 bits per heavy atom. The van der Waals surface area contributed by atoms with Gasteiger partial charge < -0.3 is 23.7 Å². The summed E-state index contributed by atoms with van der Waals surface area (Å²) in [5, 5.41) is -1.05.